The Hall–Kier alpha value is -3.34. The van der Waals surface area contributed by atoms with E-state index in [1.54, 1.807) is 36.4 Å². The van der Waals surface area contributed by atoms with Gasteiger partial charge in [-0.05, 0) is 43.2 Å². The Kier molecular flexibility index (Phi) is 6.77. The number of hydrogen-bond acceptors (Lipinski definition) is 4. The minimum absolute atomic E-state index is 0.140. The Morgan fingerprint density at radius 1 is 1.25 bits per heavy atom. The Morgan fingerprint density at radius 3 is 2.54 bits per heavy atom. The molecule has 0 saturated heterocycles. The van der Waals surface area contributed by atoms with Crippen molar-refractivity contribution in [3.05, 3.63) is 89.4 Å². The summed E-state index contributed by atoms with van der Waals surface area (Å²) in [5.74, 6) is -0.336. The molecule has 2 aromatic rings. The highest BCUT2D eigenvalue weighted by atomic mass is 19.1. The second-order valence-electron chi connectivity index (χ2n) is 6.60. The molecule has 0 fully saturated rings. The van der Waals surface area contributed by atoms with Crippen molar-refractivity contribution in [2.75, 3.05) is 5.73 Å². The number of hydrogen-bond donors (Lipinski definition) is 4. The molecule has 0 aliphatic heterocycles. The van der Waals surface area contributed by atoms with Gasteiger partial charge in [0.25, 0.3) is 0 Å². The Morgan fingerprint density at radius 2 is 1.93 bits per heavy atom. The first kappa shape index (κ1) is 21.0. The van der Waals surface area contributed by atoms with Crippen LogP contribution in [0.4, 0.5) is 10.1 Å². The molecule has 4 nitrogen and oxygen atoms in total. The minimum atomic E-state index is -0.336. The van der Waals surface area contributed by atoms with Gasteiger partial charge in [-0.15, -0.1) is 0 Å². The zero-order chi connectivity index (χ0) is 20.8. The van der Waals surface area contributed by atoms with Gasteiger partial charge in [0, 0.05) is 33.8 Å². The minimum Gasteiger partial charge on any atom is -0.401 e. The number of allylic oxidation sites excluding steroid dienone is 1. The molecular weight excluding hydrogens is 351 g/mol. The van der Waals surface area contributed by atoms with E-state index in [9.17, 15) is 4.39 Å². The summed E-state index contributed by atoms with van der Waals surface area (Å²) in [7, 11) is 0. The van der Waals surface area contributed by atoms with E-state index in [2.05, 4.69) is 18.5 Å². The summed E-state index contributed by atoms with van der Waals surface area (Å²) in [6.07, 6.45) is 3.80. The van der Waals surface area contributed by atoms with Crippen LogP contribution in [0, 0.1) is 11.2 Å². The van der Waals surface area contributed by atoms with E-state index in [0.717, 1.165) is 11.1 Å². The van der Waals surface area contributed by atoms with Gasteiger partial charge in [-0.1, -0.05) is 44.3 Å². The molecule has 2 rings (SSSR count). The van der Waals surface area contributed by atoms with Crippen LogP contribution >= 0.6 is 0 Å². The largest absolute Gasteiger partial charge is 0.401 e. The summed E-state index contributed by atoms with van der Waals surface area (Å²) >= 11 is 0. The highest BCUT2D eigenvalue weighted by molar-refractivity contribution is 6.13. The predicted octanol–water partition coefficient (Wildman–Crippen LogP) is 4.47. The molecular formula is C23H27FN4. The van der Waals surface area contributed by atoms with Gasteiger partial charge in [-0.3, -0.25) is 0 Å². The van der Waals surface area contributed by atoms with Crippen molar-refractivity contribution < 1.29 is 4.39 Å². The first-order valence-corrected chi connectivity index (χ1v) is 9.09. The van der Waals surface area contributed by atoms with Crippen molar-refractivity contribution >= 4 is 23.2 Å². The topological polar surface area (TPSA) is 87.9 Å². The fraction of sp³-hybridized carbons (Fsp3) is 0.174. The van der Waals surface area contributed by atoms with Gasteiger partial charge in [-0.25, -0.2) is 4.39 Å². The summed E-state index contributed by atoms with van der Waals surface area (Å²) in [6, 6.07) is 9.92. The van der Waals surface area contributed by atoms with Crippen molar-refractivity contribution in [1.82, 2.24) is 5.32 Å². The van der Waals surface area contributed by atoms with Crippen LogP contribution in [-0.4, -0.2) is 11.8 Å². The van der Waals surface area contributed by atoms with E-state index in [4.69, 9.17) is 16.9 Å². The standard InChI is InChI=1S/C23H27FN4/c1-5-18-19(16(4)28-15(3)14(2)25)11-13-22(27)23(18)21(26)12-10-17-8-6-7-9-20(17)24/h6-13,15,26,28H,2,4-5,25,27H2,1,3H3/b12-10+,26-21?. The second kappa shape index (κ2) is 9.04. The van der Waals surface area contributed by atoms with Crippen molar-refractivity contribution in [2.45, 2.75) is 26.3 Å². The maximum Gasteiger partial charge on any atom is 0.130 e. The third kappa shape index (κ3) is 4.68. The van der Waals surface area contributed by atoms with Gasteiger partial charge >= 0.3 is 0 Å². The molecule has 5 heteroatoms. The van der Waals surface area contributed by atoms with Crippen LogP contribution in [0.2, 0.25) is 0 Å². The fourth-order valence-electron chi connectivity index (χ4n) is 2.93. The molecule has 0 bridgehead atoms. The first-order chi connectivity index (χ1) is 13.3. The van der Waals surface area contributed by atoms with Crippen LogP contribution in [0.25, 0.3) is 11.8 Å². The Labute approximate surface area is 166 Å². The second-order valence-corrected chi connectivity index (χ2v) is 6.60. The maximum absolute atomic E-state index is 13.8. The Bertz CT molecular complexity index is 944. The van der Waals surface area contributed by atoms with Crippen LogP contribution < -0.4 is 16.8 Å². The molecule has 0 spiro atoms. The predicted molar refractivity (Wildman–Crippen MR) is 117 cm³/mol. The molecule has 1 unspecified atom stereocenters. The quantitative estimate of drug-likeness (QED) is 0.404. The highest BCUT2D eigenvalue weighted by Gasteiger charge is 2.16. The number of nitrogen functional groups attached to an aromatic ring is 1. The van der Waals surface area contributed by atoms with Gasteiger partial charge in [0.05, 0.1) is 11.8 Å². The third-order valence-electron chi connectivity index (χ3n) is 4.57. The van der Waals surface area contributed by atoms with Crippen molar-refractivity contribution in [3.63, 3.8) is 0 Å². The number of rotatable bonds is 8. The molecule has 0 amide bonds. The molecule has 1 atom stereocenters. The monoisotopic (exact) mass is 378 g/mol. The van der Waals surface area contributed by atoms with Crippen molar-refractivity contribution in [3.8, 4) is 0 Å². The van der Waals surface area contributed by atoms with E-state index in [0.29, 0.717) is 34.6 Å². The summed E-state index contributed by atoms with van der Waals surface area (Å²) < 4.78 is 13.8. The van der Waals surface area contributed by atoms with E-state index >= 15 is 0 Å². The van der Waals surface area contributed by atoms with Gasteiger partial charge in [0.1, 0.15) is 5.82 Å². The number of anilines is 1. The van der Waals surface area contributed by atoms with Crippen LogP contribution in [0.5, 0.6) is 0 Å². The lowest BCUT2D eigenvalue weighted by atomic mass is 9.92. The molecule has 0 saturated carbocycles. The lowest BCUT2D eigenvalue weighted by Gasteiger charge is -2.21. The molecule has 0 radical (unpaired) electrons. The lowest BCUT2D eigenvalue weighted by molar-refractivity contribution is 0.625. The van der Waals surface area contributed by atoms with Gasteiger partial charge in [0.2, 0.25) is 0 Å². The number of benzene rings is 2. The van der Waals surface area contributed by atoms with E-state index in [1.165, 1.54) is 6.07 Å². The van der Waals surface area contributed by atoms with E-state index in [1.807, 2.05) is 19.9 Å². The van der Waals surface area contributed by atoms with Gasteiger partial charge in [-0.2, -0.15) is 0 Å². The third-order valence-corrected chi connectivity index (χ3v) is 4.57. The molecule has 2 aromatic carbocycles. The number of halogens is 1. The molecule has 0 aromatic heterocycles. The molecule has 0 aliphatic rings. The highest BCUT2D eigenvalue weighted by Crippen LogP contribution is 2.27. The normalized spacial score (nSPS) is 12.0. The summed E-state index contributed by atoms with van der Waals surface area (Å²) in [5.41, 5.74) is 16.6. The summed E-state index contributed by atoms with van der Waals surface area (Å²) in [4.78, 5) is 0. The fourth-order valence-corrected chi connectivity index (χ4v) is 2.93. The zero-order valence-corrected chi connectivity index (χ0v) is 16.4. The maximum atomic E-state index is 13.8. The molecule has 6 N–H and O–H groups in total. The van der Waals surface area contributed by atoms with Crippen molar-refractivity contribution in [1.29, 1.82) is 5.41 Å². The Balaban J connectivity index is 2.41. The summed E-state index contributed by atoms with van der Waals surface area (Å²) in [5, 5.41) is 11.7. The van der Waals surface area contributed by atoms with E-state index < -0.39 is 0 Å². The lowest BCUT2D eigenvalue weighted by Crippen LogP contribution is -2.29. The van der Waals surface area contributed by atoms with Gasteiger partial charge in [0.15, 0.2) is 0 Å². The first-order valence-electron chi connectivity index (χ1n) is 9.09. The van der Waals surface area contributed by atoms with Crippen LogP contribution in [-0.2, 0) is 6.42 Å². The van der Waals surface area contributed by atoms with Gasteiger partial charge < -0.3 is 22.2 Å². The van der Waals surface area contributed by atoms with Crippen molar-refractivity contribution in [2.24, 2.45) is 5.73 Å². The molecule has 0 heterocycles. The van der Waals surface area contributed by atoms with Crippen LogP contribution in [0.15, 0.2) is 61.3 Å². The van der Waals surface area contributed by atoms with Crippen LogP contribution in [0.3, 0.4) is 0 Å². The molecule has 146 valence electrons. The average Bonchev–Trinajstić information content (AvgIpc) is 2.66. The molecule has 0 aliphatic carbocycles. The number of nitrogens with two attached hydrogens (primary N) is 2. The zero-order valence-electron chi connectivity index (χ0n) is 16.4. The SMILES string of the molecule is C=C(NC(C)C(=C)N)c1ccc(N)c(C(=N)/C=C/c2ccccc2F)c1CC. The summed E-state index contributed by atoms with van der Waals surface area (Å²) in [6.45, 7) is 11.7. The molecule has 28 heavy (non-hydrogen) atoms. The van der Waals surface area contributed by atoms with E-state index in [-0.39, 0.29) is 17.6 Å². The number of nitrogens with one attached hydrogen (secondary N) is 2. The van der Waals surface area contributed by atoms with Crippen LogP contribution in [0.1, 0.15) is 36.1 Å². The average molecular weight is 378 g/mol. The smallest absolute Gasteiger partial charge is 0.130 e.